The Morgan fingerprint density at radius 2 is 1.21 bits per heavy atom. The standard InChI is InChI=1S/C38H21N3S2/c1-4-15-29-24(11-1)27-14-7-9-22-10-8-16-30(34(22)27)41(29)38-39-35(37-36(40-38)28-13-3-6-18-32(28)43-37)23-19-20-26-25-12-2-5-17-31(25)42-33(26)21-23/h1-21H. The van der Waals surface area contributed by atoms with Crippen LogP contribution in [-0.4, -0.2) is 9.97 Å². The third-order valence-corrected chi connectivity index (χ3v) is 10.9. The van der Waals surface area contributed by atoms with Crippen LogP contribution in [0.3, 0.4) is 0 Å². The largest absolute Gasteiger partial charge is 0.278 e. The first-order valence-electron chi connectivity index (χ1n) is 14.3. The van der Waals surface area contributed by atoms with E-state index in [4.69, 9.17) is 9.97 Å². The van der Waals surface area contributed by atoms with Crippen LogP contribution in [0.15, 0.2) is 127 Å². The molecular weight excluding hydrogens is 563 g/mol. The molecule has 0 amide bonds. The van der Waals surface area contributed by atoms with Crippen molar-refractivity contribution in [1.29, 1.82) is 0 Å². The quantitative estimate of drug-likeness (QED) is 0.203. The third-order valence-electron chi connectivity index (χ3n) is 8.62. The molecule has 0 bridgehead atoms. The van der Waals surface area contributed by atoms with E-state index in [1.165, 1.54) is 52.2 Å². The molecule has 4 heterocycles. The van der Waals surface area contributed by atoms with E-state index in [0.717, 1.165) is 32.8 Å². The summed E-state index contributed by atoms with van der Waals surface area (Å²) < 4.78 is 4.92. The van der Waals surface area contributed by atoms with Crippen LogP contribution in [0.5, 0.6) is 0 Å². The highest BCUT2D eigenvalue weighted by molar-refractivity contribution is 7.26. The van der Waals surface area contributed by atoms with Crippen molar-refractivity contribution in [2.24, 2.45) is 0 Å². The van der Waals surface area contributed by atoms with Crippen LogP contribution < -0.4 is 4.90 Å². The van der Waals surface area contributed by atoms with Gasteiger partial charge in [0.2, 0.25) is 5.95 Å². The zero-order valence-electron chi connectivity index (χ0n) is 22.8. The van der Waals surface area contributed by atoms with Gasteiger partial charge >= 0.3 is 0 Å². The highest BCUT2D eigenvalue weighted by Gasteiger charge is 2.28. The highest BCUT2D eigenvalue weighted by atomic mass is 32.1. The molecule has 200 valence electrons. The molecule has 0 saturated heterocycles. The molecule has 0 fully saturated rings. The van der Waals surface area contributed by atoms with E-state index >= 15 is 0 Å². The number of anilines is 3. The molecule has 0 atom stereocenters. The first kappa shape index (κ1) is 23.5. The van der Waals surface area contributed by atoms with Gasteiger partial charge in [-0.05, 0) is 41.3 Å². The summed E-state index contributed by atoms with van der Waals surface area (Å²) >= 11 is 3.62. The summed E-state index contributed by atoms with van der Waals surface area (Å²) in [5.74, 6) is 0.692. The van der Waals surface area contributed by atoms with Crippen LogP contribution in [0.1, 0.15) is 0 Å². The van der Waals surface area contributed by atoms with E-state index in [2.05, 4.69) is 132 Å². The van der Waals surface area contributed by atoms with Crippen molar-refractivity contribution in [3.8, 4) is 22.4 Å². The maximum atomic E-state index is 5.44. The van der Waals surface area contributed by atoms with Crippen molar-refractivity contribution in [2.45, 2.75) is 0 Å². The Labute approximate surface area is 254 Å². The second-order valence-electron chi connectivity index (χ2n) is 11.0. The van der Waals surface area contributed by atoms with Crippen LogP contribution >= 0.6 is 22.7 Å². The molecule has 5 heteroatoms. The number of benzene rings is 6. The monoisotopic (exact) mass is 583 g/mol. The number of fused-ring (bicyclic) bond motifs is 8. The second-order valence-corrected chi connectivity index (χ2v) is 13.1. The minimum Gasteiger partial charge on any atom is -0.278 e. The lowest BCUT2D eigenvalue weighted by molar-refractivity contribution is 1.12. The van der Waals surface area contributed by atoms with Gasteiger partial charge in [0.1, 0.15) is 0 Å². The van der Waals surface area contributed by atoms with Crippen LogP contribution in [-0.2, 0) is 0 Å². The lowest BCUT2D eigenvalue weighted by Crippen LogP contribution is -2.17. The Morgan fingerprint density at radius 3 is 2.12 bits per heavy atom. The molecule has 10 rings (SSSR count). The topological polar surface area (TPSA) is 29.0 Å². The van der Waals surface area contributed by atoms with Gasteiger partial charge in [0.05, 0.1) is 27.3 Å². The van der Waals surface area contributed by atoms with Crippen LogP contribution in [0.4, 0.5) is 17.3 Å². The molecule has 0 unspecified atom stereocenters. The van der Waals surface area contributed by atoms with E-state index in [9.17, 15) is 0 Å². The van der Waals surface area contributed by atoms with Gasteiger partial charge in [0.25, 0.3) is 0 Å². The smallest absolute Gasteiger partial charge is 0.235 e. The van der Waals surface area contributed by atoms with Crippen molar-refractivity contribution in [2.75, 3.05) is 4.90 Å². The maximum Gasteiger partial charge on any atom is 0.235 e. The molecule has 0 saturated carbocycles. The Morgan fingerprint density at radius 1 is 0.512 bits per heavy atom. The first-order valence-corrected chi connectivity index (χ1v) is 16.0. The van der Waals surface area contributed by atoms with E-state index in [-0.39, 0.29) is 0 Å². The van der Waals surface area contributed by atoms with Crippen LogP contribution in [0.25, 0.3) is 73.6 Å². The first-order chi connectivity index (χ1) is 21.3. The molecule has 3 nitrogen and oxygen atoms in total. The van der Waals surface area contributed by atoms with Gasteiger partial charge in [0.15, 0.2) is 0 Å². The molecule has 6 aromatic carbocycles. The van der Waals surface area contributed by atoms with Crippen molar-refractivity contribution < 1.29 is 0 Å². The van der Waals surface area contributed by atoms with E-state index in [1.54, 1.807) is 11.3 Å². The number of hydrogen-bond acceptors (Lipinski definition) is 5. The third kappa shape index (κ3) is 3.29. The summed E-state index contributed by atoms with van der Waals surface area (Å²) in [6.07, 6.45) is 0. The van der Waals surface area contributed by atoms with Gasteiger partial charge < -0.3 is 0 Å². The Balaban J connectivity index is 1.30. The van der Waals surface area contributed by atoms with Gasteiger partial charge in [-0.1, -0.05) is 97.1 Å². The van der Waals surface area contributed by atoms with Crippen molar-refractivity contribution >= 4 is 91.2 Å². The Kier molecular flexibility index (Phi) is 4.75. The van der Waals surface area contributed by atoms with Crippen molar-refractivity contribution in [3.05, 3.63) is 127 Å². The molecular formula is C38H21N3S2. The number of hydrogen-bond donors (Lipinski definition) is 0. The fourth-order valence-corrected chi connectivity index (χ4v) is 9.02. The predicted molar refractivity (Wildman–Crippen MR) is 184 cm³/mol. The molecule has 0 aliphatic carbocycles. The number of thiophene rings is 2. The average Bonchev–Trinajstić information content (AvgIpc) is 3.63. The summed E-state index contributed by atoms with van der Waals surface area (Å²) in [5.41, 5.74) is 7.74. The fourth-order valence-electron chi connectivity index (χ4n) is 6.72. The second kappa shape index (κ2) is 8.71. The van der Waals surface area contributed by atoms with Crippen LogP contribution in [0, 0.1) is 0 Å². The van der Waals surface area contributed by atoms with Gasteiger partial charge in [-0.15, -0.1) is 22.7 Å². The number of rotatable bonds is 2. The van der Waals surface area contributed by atoms with E-state index < -0.39 is 0 Å². The molecule has 3 aromatic heterocycles. The average molecular weight is 584 g/mol. The minimum atomic E-state index is 0.692. The lowest BCUT2D eigenvalue weighted by atomic mass is 9.91. The Hall–Kier alpha value is -5.10. The molecule has 0 N–H and O–H groups in total. The molecule has 0 spiro atoms. The van der Waals surface area contributed by atoms with Crippen molar-refractivity contribution in [3.63, 3.8) is 0 Å². The normalized spacial score (nSPS) is 12.6. The zero-order valence-corrected chi connectivity index (χ0v) is 24.4. The SMILES string of the molecule is c1ccc2c(c1)-c1cccc3cccc(c13)N2c1nc(-c2ccc3c(c2)sc2ccccc23)c2sc3ccccc3c2n1. The fraction of sp³-hybridized carbons (Fsp3) is 0. The molecule has 0 radical (unpaired) electrons. The highest BCUT2D eigenvalue weighted by Crippen LogP contribution is 2.51. The summed E-state index contributed by atoms with van der Waals surface area (Å²) in [5, 5.41) is 6.21. The van der Waals surface area contributed by atoms with E-state index in [1.807, 2.05) is 11.3 Å². The summed E-state index contributed by atoms with van der Waals surface area (Å²) in [7, 11) is 0. The number of aromatic nitrogens is 2. The predicted octanol–water partition coefficient (Wildman–Crippen LogP) is 11.5. The minimum absolute atomic E-state index is 0.692. The molecule has 43 heavy (non-hydrogen) atoms. The number of para-hydroxylation sites is 1. The molecule has 1 aliphatic heterocycles. The van der Waals surface area contributed by atoms with Gasteiger partial charge in [-0.3, -0.25) is 4.90 Å². The molecule has 1 aliphatic rings. The summed E-state index contributed by atoms with van der Waals surface area (Å²) in [6.45, 7) is 0. The summed E-state index contributed by atoms with van der Waals surface area (Å²) in [6, 6.07) is 45.8. The summed E-state index contributed by atoms with van der Waals surface area (Å²) in [4.78, 5) is 13.1. The van der Waals surface area contributed by atoms with Gasteiger partial charge in [0, 0.05) is 46.8 Å². The zero-order chi connectivity index (χ0) is 28.1. The number of nitrogens with zero attached hydrogens (tertiary/aromatic N) is 3. The van der Waals surface area contributed by atoms with Gasteiger partial charge in [-0.25, -0.2) is 9.97 Å². The lowest BCUT2D eigenvalue weighted by Gasteiger charge is -2.32. The maximum absolute atomic E-state index is 5.44. The Bertz CT molecular complexity index is 2590. The van der Waals surface area contributed by atoms with Crippen LogP contribution in [0.2, 0.25) is 0 Å². The van der Waals surface area contributed by atoms with Crippen molar-refractivity contribution in [1.82, 2.24) is 9.97 Å². The van der Waals surface area contributed by atoms with Gasteiger partial charge in [-0.2, -0.15) is 0 Å². The molecule has 9 aromatic rings. The van der Waals surface area contributed by atoms with E-state index in [0.29, 0.717) is 5.95 Å².